The smallest absolute Gasteiger partial charge is 0.253 e. The molecule has 2 rings (SSSR count). The summed E-state index contributed by atoms with van der Waals surface area (Å²) in [4.78, 5) is 0.0277. The van der Waals surface area contributed by atoms with Crippen molar-refractivity contribution in [2.45, 2.75) is 11.8 Å². The van der Waals surface area contributed by atoms with Gasteiger partial charge in [-0.3, -0.25) is 4.72 Å². The molecule has 1 aromatic carbocycles. The lowest BCUT2D eigenvalue weighted by Gasteiger charge is -2.07. The summed E-state index contributed by atoms with van der Waals surface area (Å²) in [5, 5.41) is 7.55. The van der Waals surface area contributed by atoms with Crippen molar-refractivity contribution >= 4 is 38.1 Å². The number of aryl methyl sites for hydroxylation is 1. The van der Waals surface area contributed by atoms with Crippen molar-refractivity contribution in [1.29, 1.82) is 0 Å². The zero-order valence-electron chi connectivity index (χ0n) is 8.71. The molecule has 0 aliphatic rings. The molecule has 17 heavy (non-hydrogen) atoms. The molecule has 90 valence electrons. The van der Waals surface area contributed by atoms with E-state index in [1.54, 1.807) is 12.1 Å². The van der Waals surface area contributed by atoms with E-state index < -0.39 is 10.0 Å². The molecular formula is C9H8ClN3O2S2. The van der Waals surface area contributed by atoms with Crippen LogP contribution in [0.3, 0.4) is 0 Å². The van der Waals surface area contributed by atoms with Gasteiger partial charge in [0, 0.05) is 0 Å². The first-order chi connectivity index (χ1) is 7.99. The van der Waals surface area contributed by atoms with E-state index in [4.69, 9.17) is 11.6 Å². The summed E-state index contributed by atoms with van der Waals surface area (Å²) in [6, 6.07) is 4.73. The van der Waals surface area contributed by atoms with Crippen molar-refractivity contribution in [3.8, 4) is 0 Å². The maximum atomic E-state index is 12.0. The van der Waals surface area contributed by atoms with Crippen molar-refractivity contribution < 1.29 is 8.42 Å². The summed E-state index contributed by atoms with van der Waals surface area (Å²) in [7, 11) is -3.70. The monoisotopic (exact) mass is 289 g/mol. The molecule has 0 bridgehead atoms. The first kappa shape index (κ1) is 12.3. The van der Waals surface area contributed by atoms with Crippen LogP contribution in [0.4, 0.5) is 5.13 Å². The van der Waals surface area contributed by atoms with Crippen LogP contribution < -0.4 is 4.72 Å². The third-order valence-electron chi connectivity index (χ3n) is 1.96. The lowest BCUT2D eigenvalue weighted by molar-refractivity contribution is 0.601. The number of sulfonamides is 1. The Hall–Kier alpha value is -1.18. The number of rotatable bonds is 3. The van der Waals surface area contributed by atoms with E-state index >= 15 is 0 Å². The normalized spacial score (nSPS) is 11.4. The molecule has 0 aliphatic carbocycles. The molecule has 0 saturated carbocycles. The van der Waals surface area contributed by atoms with Crippen LogP contribution in [0.2, 0.25) is 5.02 Å². The van der Waals surface area contributed by atoms with Gasteiger partial charge in [0.05, 0.1) is 5.02 Å². The van der Waals surface area contributed by atoms with Gasteiger partial charge < -0.3 is 0 Å². The van der Waals surface area contributed by atoms with Crippen LogP contribution in [0, 0.1) is 6.92 Å². The SMILES string of the molecule is Cc1ccc(S(=O)(=O)Nc2nncs2)c(Cl)c1. The number of aromatic nitrogens is 2. The Morgan fingerprint density at radius 3 is 2.76 bits per heavy atom. The van der Waals surface area contributed by atoms with Gasteiger partial charge in [0.1, 0.15) is 10.4 Å². The van der Waals surface area contributed by atoms with Crippen LogP contribution in [0.25, 0.3) is 0 Å². The molecule has 0 unspecified atom stereocenters. The van der Waals surface area contributed by atoms with Gasteiger partial charge in [-0.15, -0.1) is 10.2 Å². The van der Waals surface area contributed by atoms with Gasteiger partial charge in [0.2, 0.25) is 5.13 Å². The molecule has 8 heteroatoms. The van der Waals surface area contributed by atoms with E-state index in [0.29, 0.717) is 0 Å². The average Bonchev–Trinajstić information content (AvgIpc) is 2.68. The summed E-state index contributed by atoms with van der Waals surface area (Å²) >= 11 is 7.00. The van der Waals surface area contributed by atoms with Crippen LogP contribution in [-0.4, -0.2) is 18.6 Å². The Morgan fingerprint density at radius 1 is 1.41 bits per heavy atom. The van der Waals surface area contributed by atoms with E-state index in [-0.39, 0.29) is 15.0 Å². The standard InChI is InChI=1S/C9H8ClN3O2S2/c1-6-2-3-8(7(10)4-6)17(14,15)13-9-12-11-5-16-9/h2-5H,1H3,(H,12,13). The van der Waals surface area contributed by atoms with Crippen LogP contribution >= 0.6 is 22.9 Å². The molecule has 0 amide bonds. The predicted octanol–water partition coefficient (Wildman–Crippen LogP) is 2.30. The summed E-state index contributed by atoms with van der Waals surface area (Å²) in [6.45, 7) is 1.83. The second-order valence-corrected chi connectivity index (χ2v) is 6.17. The Balaban J connectivity index is 2.38. The first-order valence-corrected chi connectivity index (χ1v) is 7.28. The van der Waals surface area contributed by atoms with E-state index in [1.807, 2.05) is 6.92 Å². The topological polar surface area (TPSA) is 72.0 Å². The minimum atomic E-state index is -3.70. The van der Waals surface area contributed by atoms with Gasteiger partial charge in [-0.05, 0) is 24.6 Å². The number of hydrogen-bond donors (Lipinski definition) is 1. The molecule has 0 atom stereocenters. The molecule has 1 N–H and O–H groups in total. The quantitative estimate of drug-likeness (QED) is 0.941. The number of halogens is 1. The van der Waals surface area contributed by atoms with Gasteiger partial charge in [0.15, 0.2) is 0 Å². The second-order valence-electron chi connectivity index (χ2n) is 3.28. The minimum absolute atomic E-state index is 0.0277. The predicted molar refractivity (Wildman–Crippen MR) is 66.9 cm³/mol. The molecular weight excluding hydrogens is 282 g/mol. The fraction of sp³-hybridized carbons (Fsp3) is 0.111. The number of nitrogens with zero attached hydrogens (tertiary/aromatic N) is 2. The summed E-state index contributed by atoms with van der Waals surface area (Å²) in [6.07, 6.45) is 0. The molecule has 1 heterocycles. The van der Waals surface area contributed by atoms with Gasteiger partial charge in [-0.1, -0.05) is 29.0 Å². The number of hydrogen-bond acceptors (Lipinski definition) is 5. The van der Waals surface area contributed by atoms with Crippen LogP contribution in [0.1, 0.15) is 5.56 Å². The van der Waals surface area contributed by atoms with Crippen molar-refractivity contribution in [2.75, 3.05) is 4.72 Å². The highest BCUT2D eigenvalue weighted by atomic mass is 35.5. The van der Waals surface area contributed by atoms with Gasteiger partial charge in [0.25, 0.3) is 10.0 Å². The minimum Gasteiger partial charge on any atom is -0.253 e. The Morgan fingerprint density at radius 2 is 2.18 bits per heavy atom. The lowest BCUT2D eigenvalue weighted by atomic mass is 10.2. The largest absolute Gasteiger partial charge is 0.265 e. The van der Waals surface area contributed by atoms with Gasteiger partial charge in [-0.2, -0.15) is 0 Å². The zero-order valence-corrected chi connectivity index (χ0v) is 11.1. The van der Waals surface area contributed by atoms with E-state index in [0.717, 1.165) is 16.9 Å². The highest BCUT2D eigenvalue weighted by Crippen LogP contribution is 2.24. The molecule has 1 aromatic heterocycles. The van der Waals surface area contributed by atoms with E-state index in [9.17, 15) is 8.42 Å². The average molecular weight is 290 g/mol. The highest BCUT2D eigenvalue weighted by Gasteiger charge is 2.19. The molecule has 0 aliphatic heterocycles. The Bertz CT molecular complexity index is 626. The lowest BCUT2D eigenvalue weighted by Crippen LogP contribution is -2.13. The van der Waals surface area contributed by atoms with Gasteiger partial charge in [-0.25, -0.2) is 8.42 Å². The Labute approximate surface area is 108 Å². The second kappa shape index (κ2) is 4.59. The molecule has 0 radical (unpaired) electrons. The maximum absolute atomic E-state index is 12.0. The maximum Gasteiger partial charge on any atom is 0.265 e. The molecule has 0 spiro atoms. The van der Waals surface area contributed by atoms with E-state index in [2.05, 4.69) is 14.9 Å². The van der Waals surface area contributed by atoms with Crippen molar-refractivity contribution in [3.63, 3.8) is 0 Å². The van der Waals surface area contributed by atoms with Crippen LogP contribution in [0.15, 0.2) is 28.6 Å². The van der Waals surface area contributed by atoms with E-state index in [1.165, 1.54) is 11.6 Å². The highest BCUT2D eigenvalue weighted by molar-refractivity contribution is 7.93. The molecule has 2 aromatic rings. The number of benzene rings is 1. The molecule has 5 nitrogen and oxygen atoms in total. The number of anilines is 1. The third-order valence-corrected chi connectivity index (χ3v) is 4.52. The van der Waals surface area contributed by atoms with Crippen molar-refractivity contribution in [3.05, 3.63) is 34.3 Å². The summed E-state index contributed by atoms with van der Waals surface area (Å²) in [5.41, 5.74) is 2.33. The Kier molecular flexibility index (Phi) is 3.32. The zero-order chi connectivity index (χ0) is 12.5. The summed E-state index contributed by atoms with van der Waals surface area (Å²) < 4.78 is 26.3. The van der Waals surface area contributed by atoms with Crippen molar-refractivity contribution in [1.82, 2.24) is 10.2 Å². The van der Waals surface area contributed by atoms with Crippen molar-refractivity contribution in [2.24, 2.45) is 0 Å². The van der Waals surface area contributed by atoms with Crippen LogP contribution in [0.5, 0.6) is 0 Å². The fourth-order valence-corrected chi connectivity index (χ4v) is 3.50. The fourth-order valence-electron chi connectivity index (χ4n) is 1.21. The summed E-state index contributed by atoms with van der Waals surface area (Å²) in [5.74, 6) is 0. The number of nitrogens with one attached hydrogen (secondary N) is 1. The molecule has 0 saturated heterocycles. The third kappa shape index (κ3) is 2.74. The first-order valence-electron chi connectivity index (χ1n) is 4.54. The molecule has 0 fully saturated rings. The van der Waals surface area contributed by atoms with Crippen LogP contribution in [-0.2, 0) is 10.0 Å². The van der Waals surface area contributed by atoms with Gasteiger partial charge >= 0.3 is 0 Å².